The van der Waals surface area contributed by atoms with Crippen molar-refractivity contribution in [2.45, 2.75) is 6.54 Å². The Bertz CT molecular complexity index is 1320. The highest BCUT2D eigenvalue weighted by atomic mass is 35.5. The average molecular weight is 485 g/mol. The number of aromatic nitrogens is 5. The zero-order valence-corrected chi connectivity index (χ0v) is 18.0. The predicted octanol–water partition coefficient (Wildman–Crippen LogP) is 1.94. The second-order valence-corrected chi connectivity index (χ2v) is 6.54. The Morgan fingerprint density at radius 2 is 2.00 bits per heavy atom. The lowest BCUT2D eigenvalue weighted by molar-refractivity contribution is -0.384. The molecule has 174 valence electrons. The molecule has 0 fully saturated rings. The van der Waals surface area contributed by atoms with Crippen molar-refractivity contribution in [2.75, 3.05) is 11.1 Å². The van der Waals surface area contributed by atoms with Gasteiger partial charge in [-0.2, -0.15) is 9.78 Å². The first kappa shape index (κ1) is 23.8. The van der Waals surface area contributed by atoms with Crippen LogP contribution in [0.1, 0.15) is 21.7 Å². The van der Waals surface area contributed by atoms with Crippen molar-refractivity contribution in [1.82, 2.24) is 30.7 Å². The van der Waals surface area contributed by atoms with Gasteiger partial charge in [0.1, 0.15) is 0 Å². The summed E-state index contributed by atoms with van der Waals surface area (Å²) in [5, 5.41) is 33.0. The fourth-order valence-corrected chi connectivity index (χ4v) is 2.82. The number of nitrogens with two attached hydrogens (primary N) is 1. The zero-order chi connectivity index (χ0) is 23.2. The highest BCUT2D eigenvalue weighted by Gasteiger charge is 2.23. The van der Waals surface area contributed by atoms with Crippen LogP contribution in [0.15, 0.2) is 64.3 Å². The predicted molar refractivity (Wildman–Crippen MR) is 123 cm³/mol. The molecule has 0 aliphatic heterocycles. The van der Waals surface area contributed by atoms with E-state index in [2.05, 4.69) is 41.1 Å². The third-order valence-electron chi connectivity index (χ3n) is 4.37. The van der Waals surface area contributed by atoms with E-state index in [1.165, 1.54) is 29.1 Å². The number of amides is 1. The van der Waals surface area contributed by atoms with Crippen molar-refractivity contribution in [3.63, 3.8) is 0 Å². The average Bonchev–Trinajstić information content (AvgIpc) is 3.44. The van der Waals surface area contributed by atoms with Gasteiger partial charge in [-0.1, -0.05) is 35.5 Å². The minimum Gasteiger partial charge on any atom is -0.379 e. The Kier molecular flexibility index (Phi) is 7.45. The molecule has 1 amide bonds. The quantitative estimate of drug-likeness (QED) is 0.189. The van der Waals surface area contributed by atoms with Gasteiger partial charge in [-0.25, -0.2) is 10.1 Å². The van der Waals surface area contributed by atoms with E-state index in [1.807, 2.05) is 30.3 Å². The maximum atomic E-state index is 12.7. The van der Waals surface area contributed by atoms with E-state index in [9.17, 15) is 14.9 Å². The van der Waals surface area contributed by atoms with Gasteiger partial charge in [-0.15, -0.1) is 17.5 Å². The van der Waals surface area contributed by atoms with E-state index < -0.39 is 10.8 Å². The first-order valence-corrected chi connectivity index (χ1v) is 9.42. The molecule has 0 radical (unpaired) electrons. The smallest absolute Gasteiger partial charge is 0.293 e. The lowest BCUT2D eigenvalue weighted by Gasteiger charge is -2.08. The highest BCUT2D eigenvalue weighted by Crippen LogP contribution is 2.17. The van der Waals surface area contributed by atoms with E-state index in [0.717, 1.165) is 5.69 Å². The maximum absolute atomic E-state index is 12.7. The van der Waals surface area contributed by atoms with Gasteiger partial charge >= 0.3 is 0 Å². The van der Waals surface area contributed by atoms with Crippen molar-refractivity contribution in [2.24, 2.45) is 5.10 Å². The minimum atomic E-state index is -0.664. The van der Waals surface area contributed by atoms with Crippen LogP contribution in [0.25, 0.3) is 5.82 Å². The molecule has 15 heteroatoms. The van der Waals surface area contributed by atoms with E-state index in [-0.39, 0.29) is 42.0 Å². The lowest BCUT2D eigenvalue weighted by Crippen LogP contribution is -2.21. The zero-order valence-electron chi connectivity index (χ0n) is 17.2. The van der Waals surface area contributed by atoms with Gasteiger partial charge in [-0.3, -0.25) is 14.9 Å². The number of nitrogen functional groups attached to an aromatic ring is 1. The molecule has 0 spiro atoms. The molecule has 14 nitrogen and oxygen atoms in total. The molecule has 0 saturated carbocycles. The summed E-state index contributed by atoms with van der Waals surface area (Å²) in [7, 11) is 0. The summed E-state index contributed by atoms with van der Waals surface area (Å²) >= 11 is 0. The van der Waals surface area contributed by atoms with E-state index >= 15 is 0 Å². The van der Waals surface area contributed by atoms with Crippen LogP contribution in [0.2, 0.25) is 0 Å². The Morgan fingerprint density at radius 1 is 1.21 bits per heavy atom. The molecule has 34 heavy (non-hydrogen) atoms. The molecule has 0 aliphatic rings. The number of hydrazone groups is 1. The Labute approximate surface area is 197 Å². The van der Waals surface area contributed by atoms with Crippen molar-refractivity contribution in [3.05, 3.63) is 81.7 Å². The first-order chi connectivity index (χ1) is 16.0. The largest absolute Gasteiger partial charge is 0.379 e. The molecular weight excluding hydrogens is 468 g/mol. The molecular formula is C19H17ClN10O4. The summed E-state index contributed by atoms with van der Waals surface area (Å²) in [6.45, 7) is 0.140. The highest BCUT2D eigenvalue weighted by molar-refractivity contribution is 5.94. The van der Waals surface area contributed by atoms with Crippen molar-refractivity contribution < 1.29 is 14.3 Å². The fraction of sp³-hybridized carbons (Fsp3) is 0.0526. The van der Waals surface area contributed by atoms with Crippen LogP contribution >= 0.6 is 12.4 Å². The van der Waals surface area contributed by atoms with Gasteiger partial charge in [-0.05, 0) is 22.4 Å². The summed E-state index contributed by atoms with van der Waals surface area (Å²) < 4.78 is 5.86. The number of halogens is 1. The number of nitrogens with one attached hydrogen (secondary N) is 2. The van der Waals surface area contributed by atoms with E-state index in [1.54, 1.807) is 6.07 Å². The van der Waals surface area contributed by atoms with Crippen LogP contribution in [-0.2, 0) is 6.54 Å². The number of non-ortho nitro benzene ring substituents is 1. The number of nitrogens with zero attached hydrogens (tertiary/aromatic N) is 7. The van der Waals surface area contributed by atoms with Gasteiger partial charge in [0.05, 0.1) is 23.4 Å². The fourth-order valence-electron chi connectivity index (χ4n) is 2.82. The summed E-state index contributed by atoms with van der Waals surface area (Å²) in [5.74, 6) is -0.620. The van der Waals surface area contributed by atoms with Crippen LogP contribution in [0, 0.1) is 10.1 Å². The van der Waals surface area contributed by atoms with Gasteiger partial charge in [0, 0.05) is 23.4 Å². The number of para-hydroxylation sites is 1. The molecule has 4 N–H and O–H groups in total. The summed E-state index contributed by atoms with van der Waals surface area (Å²) in [5.41, 5.74) is 9.51. The third-order valence-corrected chi connectivity index (χ3v) is 4.37. The molecule has 4 rings (SSSR count). The number of hydrogen-bond donors (Lipinski definition) is 3. The number of anilines is 2. The molecule has 0 aliphatic carbocycles. The van der Waals surface area contributed by atoms with Gasteiger partial charge < -0.3 is 11.1 Å². The van der Waals surface area contributed by atoms with E-state index in [4.69, 9.17) is 5.73 Å². The molecule has 0 saturated heterocycles. The molecule has 4 aromatic rings. The molecule has 2 aromatic heterocycles. The minimum absolute atomic E-state index is 0. The molecule has 2 heterocycles. The van der Waals surface area contributed by atoms with Crippen LogP contribution < -0.4 is 16.5 Å². The number of nitro benzene ring substituents is 1. The van der Waals surface area contributed by atoms with Crippen LogP contribution in [0.4, 0.5) is 17.2 Å². The number of benzene rings is 2. The first-order valence-electron chi connectivity index (χ1n) is 9.42. The van der Waals surface area contributed by atoms with Crippen LogP contribution in [-0.4, -0.2) is 42.4 Å². The van der Waals surface area contributed by atoms with Crippen molar-refractivity contribution in [1.29, 1.82) is 0 Å². The Morgan fingerprint density at radius 3 is 2.71 bits per heavy atom. The standard InChI is InChI=1S/C19H16N10O4.ClH/c20-17-18(26-33-25-17)28-15(11-21-13-6-2-1-3-7-13)16(23-27-28)19(30)24-22-10-12-5-4-8-14(9-12)29(31)32;/h1-10,21H,11H2,(H2,20,25)(H,24,30);1H/b22-10+;. The molecule has 0 atom stereocenters. The maximum Gasteiger partial charge on any atom is 0.293 e. The number of carbonyl (C=O) groups is 1. The number of carbonyl (C=O) groups excluding carboxylic acids is 1. The van der Waals surface area contributed by atoms with E-state index in [0.29, 0.717) is 11.3 Å². The molecule has 2 aromatic carbocycles. The van der Waals surface area contributed by atoms with Gasteiger partial charge in [0.2, 0.25) is 11.6 Å². The summed E-state index contributed by atoms with van der Waals surface area (Å²) in [6.07, 6.45) is 1.27. The van der Waals surface area contributed by atoms with Crippen molar-refractivity contribution in [3.8, 4) is 5.82 Å². The van der Waals surface area contributed by atoms with Crippen LogP contribution in [0.5, 0.6) is 0 Å². The third kappa shape index (κ3) is 5.31. The second-order valence-electron chi connectivity index (χ2n) is 6.54. The van der Waals surface area contributed by atoms with Crippen molar-refractivity contribution >= 4 is 41.7 Å². The second kappa shape index (κ2) is 10.6. The van der Waals surface area contributed by atoms with Crippen LogP contribution in [0.3, 0.4) is 0 Å². The lowest BCUT2D eigenvalue weighted by atomic mass is 10.2. The summed E-state index contributed by atoms with van der Waals surface area (Å²) in [4.78, 5) is 23.1. The summed E-state index contributed by atoms with van der Waals surface area (Å²) in [6, 6.07) is 15.1. The normalized spacial score (nSPS) is 10.6. The number of hydrogen-bond acceptors (Lipinski definition) is 11. The Hall–Kier alpha value is -4.85. The molecule has 0 unspecified atom stereocenters. The Balaban J connectivity index is 0.00000324. The molecule has 0 bridgehead atoms. The SMILES string of the molecule is Cl.Nc1nonc1-n1nnc(C(=O)N/N=C/c2cccc([N+](=O)[O-])c2)c1CNc1ccccc1. The number of nitro groups is 1. The topological polar surface area (TPSA) is 192 Å². The number of rotatable bonds is 8. The monoisotopic (exact) mass is 484 g/mol. The van der Waals surface area contributed by atoms with Gasteiger partial charge in [0.25, 0.3) is 11.6 Å². The van der Waals surface area contributed by atoms with Gasteiger partial charge in [0.15, 0.2) is 5.69 Å².